The van der Waals surface area contributed by atoms with Crippen molar-refractivity contribution in [2.75, 3.05) is 4.90 Å². The van der Waals surface area contributed by atoms with Crippen LogP contribution in [0.5, 0.6) is 0 Å². The zero-order chi connectivity index (χ0) is 27.9. The minimum absolute atomic E-state index is 0.638. The van der Waals surface area contributed by atoms with Gasteiger partial charge in [-0.15, -0.1) is 0 Å². The van der Waals surface area contributed by atoms with Crippen LogP contribution in [0.15, 0.2) is 162 Å². The molecule has 0 saturated carbocycles. The Kier molecular flexibility index (Phi) is 5.79. The predicted molar refractivity (Wildman–Crippen MR) is 175 cm³/mol. The van der Waals surface area contributed by atoms with Crippen LogP contribution in [-0.4, -0.2) is 4.98 Å². The molecule has 42 heavy (non-hydrogen) atoms. The second-order valence-corrected chi connectivity index (χ2v) is 10.4. The van der Waals surface area contributed by atoms with Crippen molar-refractivity contribution in [2.45, 2.75) is 0 Å². The topological polar surface area (TPSA) is 29.3 Å². The summed E-state index contributed by atoms with van der Waals surface area (Å²) in [5.74, 6) is 0.638. The second-order valence-electron chi connectivity index (χ2n) is 10.4. The van der Waals surface area contributed by atoms with Crippen LogP contribution in [-0.2, 0) is 0 Å². The first kappa shape index (κ1) is 24.2. The van der Waals surface area contributed by atoms with Crippen LogP contribution in [0.1, 0.15) is 0 Å². The molecular formula is C39H26N2O. The highest BCUT2D eigenvalue weighted by Crippen LogP contribution is 2.39. The van der Waals surface area contributed by atoms with Crippen molar-refractivity contribution in [1.82, 2.24) is 4.98 Å². The Morgan fingerprint density at radius 3 is 1.98 bits per heavy atom. The van der Waals surface area contributed by atoms with Crippen molar-refractivity contribution < 1.29 is 4.42 Å². The minimum Gasteiger partial charge on any atom is -0.436 e. The van der Waals surface area contributed by atoms with E-state index in [1.54, 1.807) is 0 Å². The molecule has 0 unspecified atom stereocenters. The fourth-order valence-corrected chi connectivity index (χ4v) is 5.84. The van der Waals surface area contributed by atoms with Crippen LogP contribution in [0.25, 0.3) is 55.2 Å². The van der Waals surface area contributed by atoms with E-state index in [0.717, 1.165) is 44.5 Å². The summed E-state index contributed by atoms with van der Waals surface area (Å²) < 4.78 is 6.13. The molecule has 7 aromatic carbocycles. The van der Waals surface area contributed by atoms with E-state index in [2.05, 4.69) is 126 Å². The number of hydrogen-bond donors (Lipinski definition) is 0. The SMILES string of the molecule is c1ccc(-c2nc3c(ccc4cc(N(c5ccccc5)c5ccc(-c6cccc7ccccc67)cc5)ccc43)o2)cc1. The standard InChI is InChI=1S/C39H26N2O/c1-3-11-29(12-4-1)39-40-38-36-24-23-33(26-30(36)20-25-37(38)42-39)41(31-14-5-2-6-15-31)32-21-18-28(19-22-32)35-17-9-13-27-10-7-8-16-34(27)35/h1-26H. The van der Waals surface area contributed by atoms with E-state index < -0.39 is 0 Å². The van der Waals surface area contributed by atoms with Crippen molar-refractivity contribution in [2.24, 2.45) is 0 Å². The molecule has 0 spiro atoms. The van der Waals surface area contributed by atoms with Crippen molar-refractivity contribution in [1.29, 1.82) is 0 Å². The van der Waals surface area contributed by atoms with Gasteiger partial charge in [-0.25, -0.2) is 4.98 Å². The van der Waals surface area contributed by atoms with E-state index in [-0.39, 0.29) is 0 Å². The Labute approximate surface area is 243 Å². The molecular weight excluding hydrogens is 512 g/mol. The van der Waals surface area contributed by atoms with Crippen LogP contribution < -0.4 is 4.90 Å². The van der Waals surface area contributed by atoms with Gasteiger partial charge in [0.15, 0.2) is 5.58 Å². The van der Waals surface area contributed by atoms with Gasteiger partial charge in [0, 0.05) is 28.0 Å². The number of aromatic nitrogens is 1. The number of oxazole rings is 1. The molecule has 3 nitrogen and oxygen atoms in total. The van der Waals surface area contributed by atoms with Gasteiger partial charge in [0.05, 0.1) is 0 Å². The summed E-state index contributed by atoms with van der Waals surface area (Å²) in [5.41, 5.74) is 8.36. The Hall–Kier alpha value is -5.67. The Bertz CT molecular complexity index is 2180. The van der Waals surface area contributed by atoms with Gasteiger partial charge < -0.3 is 9.32 Å². The van der Waals surface area contributed by atoms with Gasteiger partial charge in [-0.1, -0.05) is 97.1 Å². The maximum atomic E-state index is 6.13. The average molecular weight is 539 g/mol. The molecule has 8 rings (SSSR count). The lowest BCUT2D eigenvalue weighted by Gasteiger charge is -2.26. The van der Waals surface area contributed by atoms with Gasteiger partial charge in [-0.3, -0.25) is 0 Å². The van der Waals surface area contributed by atoms with E-state index in [0.29, 0.717) is 5.89 Å². The highest BCUT2D eigenvalue weighted by Gasteiger charge is 2.16. The molecule has 198 valence electrons. The summed E-state index contributed by atoms with van der Waals surface area (Å²) in [7, 11) is 0. The van der Waals surface area contributed by atoms with Crippen LogP contribution in [0.3, 0.4) is 0 Å². The third-order valence-electron chi connectivity index (χ3n) is 7.88. The fourth-order valence-electron chi connectivity index (χ4n) is 5.84. The van der Waals surface area contributed by atoms with Gasteiger partial charge in [-0.05, 0) is 87.9 Å². The molecule has 0 radical (unpaired) electrons. The van der Waals surface area contributed by atoms with Crippen molar-refractivity contribution in [3.63, 3.8) is 0 Å². The third-order valence-corrected chi connectivity index (χ3v) is 7.88. The lowest BCUT2D eigenvalue weighted by molar-refractivity contribution is 0.620. The lowest BCUT2D eigenvalue weighted by atomic mass is 9.98. The third kappa shape index (κ3) is 4.20. The normalized spacial score (nSPS) is 11.3. The molecule has 0 amide bonds. The minimum atomic E-state index is 0.638. The van der Waals surface area contributed by atoms with E-state index in [1.807, 2.05) is 36.4 Å². The quantitative estimate of drug-likeness (QED) is 0.218. The summed E-state index contributed by atoms with van der Waals surface area (Å²) in [6.45, 7) is 0. The molecule has 0 bridgehead atoms. The first-order valence-corrected chi connectivity index (χ1v) is 14.1. The lowest BCUT2D eigenvalue weighted by Crippen LogP contribution is -2.09. The predicted octanol–water partition coefficient (Wildman–Crippen LogP) is 10.9. The zero-order valence-electron chi connectivity index (χ0n) is 22.8. The highest BCUT2D eigenvalue weighted by molar-refractivity contribution is 6.05. The molecule has 1 aromatic heterocycles. The second kappa shape index (κ2) is 10.1. The van der Waals surface area contributed by atoms with E-state index in [1.165, 1.54) is 21.9 Å². The molecule has 0 aliphatic carbocycles. The van der Waals surface area contributed by atoms with Crippen LogP contribution in [0, 0.1) is 0 Å². The summed E-state index contributed by atoms with van der Waals surface area (Å²) in [4.78, 5) is 7.18. The molecule has 0 N–H and O–H groups in total. The number of rotatable bonds is 5. The number of nitrogens with zero attached hydrogens (tertiary/aromatic N) is 2. The Morgan fingerprint density at radius 1 is 0.452 bits per heavy atom. The fraction of sp³-hybridized carbons (Fsp3) is 0. The number of benzene rings is 7. The molecule has 0 aliphatic rings. The summed E-state index contributed by atoms with van der Waals surface area (Å²) in [6, 6.07) is 55.2. The van der Waals surface area contributed by atoms with Crippen molar-refractivity contribution in [3.05, 3.63) is 158 Å². The maximum Gasteiger partial charge on any atom is 0.227 e. The molecule has 1 heterocycles. The molecule has 3 heteroatoms. The molecule has 8 aromatic rings. The summed E-state index contributed by atoms with van der Waals surface area (Å²) in [6.07, 6.45) is 0. The molecule has 0 atom stereocenters. The number of anilines is 3. The average Bonchev–Trinajstić information content (AvgIpc) is 3.51. The number of hydrogen-bond acceptors (Lipinski definition) is 3. The number of para-hydroxylation sites is 1. The van der Waals surface area contributed by atoms with E-state index >= 15 is 0 Å². The van der Waals surface area contributed by atoms with Gasteiger partial charge in [0.25, 0.3) is 0 Å². The van der Waals surface area contributed by atoms with E-state index in [9.17, 15) is 0 Å². The first-order valence-electron chi connectivity index (χ1n) is 14.1. The summed E-state index contributed by atoms with van der Waals surface area (Å²) in [5, 5.41) is 4.69. The molecule has 0 fully saturated rings. The van der Waals surface area contributed by atoms with Crippen molar-refractivity contribution in [3.8, 4) is 22.6 Å². The van der Waals surface area contributed by atoms with E-state index in [4.69, 9.17) is 9.40 Å². The van der Waals surface area contributed by atoms with Gasteiger partial charge in [0.2, 0.25) is 5.89 Å². The van der Waals surface area contributed by atoms with Gasteiger partial charge >= 0.3 is 0 Å². The largest absolute Gasteiger partial charge is 0.436 e. The van der Waals surface area contributed by atoms with Crippen LogP contribution >= 0.6 is 0 Å². The number of fused-ring (bicyclic) bond motifs is 4. The molecule has 0 saturated heterocycles. The Balaban J connectivity index is 1.22. The highest BCUT2D eigenvalue weighted by atomic mass is 16.3. The van der Waals surface area contributed by atoms with Crippen molar-refractivity contribution >= 4 is 49.7 Å². The Morgan fingerprint density at radius 2 is 1.14 bits per heavy atom. The summed E-state index contributed by atoms with van der Waals surface area (Å²) >= 11 is 0. The monoisotopic (exact) mass is 538 g/mol. The van der Waals surface area contributed by atoms with Crippen LogP contribution in [0.4, 0.5) is 17.1 Å². The van der Waals surface area contributed by atoms with Gasteiger partial charge in [0.1, 0.15) is 5.52 Å². The zero-order valence-corrected chi connectivity index (χ0v) is 22.8. The maximum absolute atomic E-state index is 6.13. The van der Waals surface area contributed by atoms with Crippen LogP contribution in [0.2, 0.25) is 0 Å². The van der Waals surface area contributed by atoms with Gasteiger partial charge in [-0.2, -0.15) is 0 Å². The first-order chi connectivity index (χ1) is 20.8. The molecule has 0 aliphatic heterocycles. The smallest absolute Gasteiger partial charge is 0.227 e.